The molecular weight excluding hydrogens is 531 g/mol. The number of aromatic nitrogens is 3. The number of carbonyl (C=O) groups excluding carboxylic acids is 1. The molecule has 1 aromatic heterocycles. The highest BCUT2D eigenvalue weighted by Gasteiger charge is 2.58. The van der Waals surface area contributed by atoms with Crippen molar-refractivity contribution in [3.63, 3.8) is 0 Å². The molecule has 8 nitrogen and oxygen atoms in total. The Balaban J connectivity index is 0.873. The zero-order chi connectivity index (χ0) is 27.4. The largest absolute Gasteiger partial charge is 0.417 e. The van der Waals surface area contributed by atoms with Gasteiger partial charge in [-0.25, -0.2) is 13.2 Å². The lowest BCUT2D eigenvalue weighted by molar-refractivity contribution is -0.139. The lowest BCUT2D eigenvalue weighted by Crippen LogP contribution is -2.70. The molecule has 5 fully saturated rings. The predicted octanol–water partition coefficient (Wildman–Crippen LogP) is 4.36. The van der Waals surface area contributed by atoms with Gasteiger partial charge in [-0.2, -0.15) is 13.2 Å². The number of carbonyl (C=O) groups is 1. The first-order valence-electron chi connectivity index (χ1n) is 13.7. The minimum atomic E-state index is -4.72. The van der Waals surface area contributed by atoms with Gasteiger partial charge in [0.1, 0.15) is 11.6 Å². The van der Waals surface area contributed by atoms with Gasteiger partial charge in [0.05, 0.1) is 10.5 Å². The second-order valence-corrected chi connectivity index (χ2v) is 15.0. The first kappa shape index (κ1) is 25.3. The number of nitrogens with zero attached hydrogens (tertiary/aromatic N) is 4. The summed E-state index contributed by atoms with van der Waals surface area (Å²) in [5, 5.41) is 8.65. The van der Waals surface area contributed by atoms with Crippen LogP contribution in [0.1, 0.15) is 73.1 Å². The van der Waals surface area contributed by atoms with Crippen molar-refractivity contribution in [2.75, 3.05) is 32.4 Å². The summed E-state index contributed by atoms with van der Waals surface area (Å²) in [5.41, 5.74) is -0.183. The van der Waals surface area contributed by atoms with Crippen molar-refractivity contribution in [1.82, 2.24) is 25.0 Å². The topological polar surface area (TPSA) is 99.3 Å². The van der Waals surface area contributed by atoms with E-state index < -0.39 is 26.5 Å². The molecule has 39 heavy (non-hydrogen) atoms. The van der Waals surface area contributed by atoms with Gasteiger partial charge in [-0.1, -0.05) is 6.07 Å². The first-order chi connectivity index (χ1) is 18.3. The molecule has 2 aliphatic heterocycles. The molecule has 0 unspecified atom stereocenters. The Labute approximate surface area is 225 Å². The molecule has 210 valence electrons. The van der Waals surface area contributed by atoms with E-state index in [1.807, 2.05) is 9.80 Å². The maximum Gasteiger partial charge on any atom is 0.417 e. The van der Waals surface area contributed by atoms with E-state index in [0.717, 1.165) is 75.8 Å². The van der Waals surface area contributed by atoms with E-state index in [-0.39, 0.29) is 22.8 Å². The maximum atomic E-state index is 13.3. The Morgan fingerprint density at radius 1 is 0.974 bits per heavy atom. The Bertz CT molecular complexity index is 1420. The summed E-state index contributed by atoms with van der Waals surface area (Å²) in [6.45, 7) is 3.04. The molecule has 1 N–H and O–H groups in total. The van der Waals surface area contributed by atoms with Gasteiger partial charge < -0.3 is 14.8 Å². The van der Waals surface area contributed by atoms with E-state index in [1.165, 1.54) is 25.0 Å². The third-order valence-corrected chi connectivity index (χ3v) is 10.7. The molecule has 2 aromatic rings. The average Bonchev–Trinajstić information content (AvgIpc) is 3.48. The van der Waals surface area contributed by atoms with Gasteiger partial charge in [0.15, 0.2) is 9.84 Å². The third-order valence-electron chi connectivity index (χ3n) is 9.60. The number of benzene rings is 1. The number of alkyl halides is 3. The maximum absolute atomic E-state index is 13.3. The monoisotopic (exact) mass is 563 g/mol. The van der Waals surface area contributed by atoms with Crippen LogP contribution < -0.4 is 0 Å². The first-order valence-corrected chi connectivity index (χ1v) is 15.6. The Kier molecular flexibility index (Phi) is 5.33. The minimum absolute atomic E-state index is 0.0988. The predicted molar refractivity (Wildman–Crippen MR) is 135 cm³/mol. The van der Waals surface area contributed by atoms with Crippen molar-refractivity contribution in [2.24, 2.45) is 16.7 Å². The molecule has 2 amide bonds. The van der Waals surface area contributed by atoms with Gasteiger partial charge in [-0.15, -0.1) is 10.2 Å². The third kappa shape index (κ3) is 4.42. The molecule has 2 spiro atoms. The lowest BCUT2D eigenvalue weighted by atomic mass is 9.56. The molecule has 1 aromatic carbocycles. The molecule has 0 radical (unpaired) electrons. The molecule has 5 aliphatic rings. The van der Waals surface area contributed by atoms with Crippen molar-refractivity contribution in [1.29, 1.82) is 0 Å². The van der Waals surface area contributed by atoms with Gasteiger partial charge in [0.2, 0.25) is 0 Å². The van der Waals surface area contributed by atoms with Gasteiger partial charge in [0.25, 0.3) is 0 Å². The van der Waals surface area contributed by atoms with Crippen molar-refractivity contribution in [2.45, 2.75) is 67.9 Å². The molecular formula is C27H32F3N5O3S. The number of sulfone groups is 1. The minimum Gasteiger partial charge on any atom is -0.328 e. The molecule has 0 bridgehead atoms. The summed E-state index contributed by atoms with van der Waals surface area (Å²) in [6.07, 6.45) is 2.93. The van der Waals surface area contributed by atoms with E-state index >= 15 is 0 Å². The number of halogens is 3. The van der Waals surface area contributed by atoms with Crippen LogP contribution in [0, 0.1) is 16.7 Å². The number of amides is 2. The summed E-state index contributed by atoms with van der Waals surface area (Å²) < 4.78 is 63.8. The van der Waals surface area contributed by atoms with Gasteiger partial charge >= 0.3 is 12.2 Å². The molecule has 7 rings (SSSR count). The zero-order valence-corrected chi connectivity index (χ0v) is 22.6. The van der Waals surface area contributed by atoms with Gasteiger partial charge in [-0.05, 0) is 68.6 Å². The van der Waals surface area contributed by atoms with Crippen LogP contribution in [0.4, 0.5) is 18.0 Å². The highest BCUT2D eigenvalue weighted by Crippen LogP contribution is 2.57. The zero-order valence-electron chi connectivity index (χ0n) is 21.8. The van der Waals surface area contributed by atoms with Crippen LogP contribution in [0.15, 0.2) is 23.1 Å². The highest BCUT2D eigenvalue weighted by atomic mass is 32.2. The second-order valence-electron chi connectivity index (χ2n) is 13.0. The Hall–Kier alpha value is -2.63. The summed E-state index contributed by atoms with van der Waals surface area (Å²) in [6, 6.07) is 3.55. The lowest BCUT2D eigenvalue weighted by Gasteiger charge is -2.63. The normalized spacial score (nSPS) is 24.3. The molecule has 3 heterocycles. The molecule has 2 saturated heterocycles. The number of nitrogens with one attached hydrogen (secondary N) is 1. The van der Waals surface area contributed by atoms with Crippen molar-refractivity contribution >= 4 is 15.9 Å². The van der Waals surface area contributed by atoms with Crippen LogP contribution in [0.3, 0.4) is 0 Å². The number of aromatic amines is 1. The Morgan fingerprint density at radius 3 is 2.08 bits per heavy atom. The van der Waals surface area contributed by atoms with Crippen molar-refractivity contribution in [3.8, 4) is 0 Å². The summed E-state index contributed by atoms with van der Waals surface area (Å²) in [4.78, 5) is 19.6. The highest BCUT2D eigenvalue weighted by molar-refractivity contribution is 7.90. The van der Waals surface area contributed by atoms with Crippen LogP contribution in [0.2, 0.25) is 0 Å². The Morgan fingerprint density at radius 2 is 1.54 bits per heavy atom. The second kappa shape index (κ2) is 8.20. The molecule has 0 atom stereocenters. The number of hydrogen-bond acceptors (Lipinski definition) is 5. The number of rotatable bonds is 5. The van der Waals surface area contributed by atoms with E-state index in [4.69, 9.17) is 0 Å². The van der Waals surface area contributed by atoms with Crippen LogP contribution in [-0.2, 0) is 22.4 Å². The SMILES string of the molecule is CS(=O)(=O)c1cc(CC2CC3(C2)CN(C(=O)N2CC4(CC(c5nnc(C6CC6)[nH]5)C4)C2)C3)ccc1C(F)(F)F. The van der Waals surface area contributed by atoms with E-state index in [1.54, 1.807) is 0 Å². The molecule has 3 saturated carbocycles. The number of hydrogen-bond donors (Lipinski definition) is 1. The smallest absolute Gasteiger partial charge is 0.328 e. The average molecular weight is 564 g/mol. The van der Waals surface area contributed by atoms with Gasteiger partial charge in [0, 0.05) is 55.1 Å². The van der Waals surface area contributed by atoms with Crippen LogP contribution >= 0.6 is 0 Å². The number of H-pyrrole nitrogens is 1. The van der Waals surface area contributed by atoms with Crippen LogP contribution in [-0.4, -0.2) is 71.9 Å². The number of urea groups is 1. The fraction of sp³-hybridized carbons (Fsp3) is 0.667. The van der Waals surface area contributed by atoms with Gasteiger partial charge in [-0.3, -0.25) is 0 Å². The number of likely N-dealkylation sites (tertiary alicyclic amines) is 2. The summed E-state index contributed by atoms with van der Waals surface area (Å²) in [5.74, 6) is 3.29. The van der Waals surface area contributed by atoms with E-state index in [0.29, 0.717) is 23.8 Å². The van der Waals surface area contributed by atoms with Crippen LogP contribution in [0.25, 0.3) is 0 Å². The fourth-order valence-electron chi connectivity index (χ4n) is 7.58. The fourth-order valence-corrected chi connectivity index (χ4v) is 8.53. The molecule has 3 aliphatic carbocycles. The standard InChI is InChI=1S/C27H32F3N5O3S/c1-39(37,38)21-7-16(2-5-20(21)27(28,29)30)6-17-8-25(9-17)12-34(13-25)24(36)35-14-26(15-35)10-19(11-26)23-31-22(32-33-23)18-3-4-18/h2,5,7,17-19H,3-4,6,8-15H2,1H3,(H,31,32,33). The van der Waals surface area contributed by atoms with Crippen molar-refractivity contribution < 1.29 is 26.4 Å². The molecule has 12 heteroatoms. The summed E-state index contributed by atoms with van der Waals surface area (Å²) in [7, 11) is -4.00. The van der Waals surface area contributed by atoms with E-state index in [9.17, 15) is 26.4 Å². The summed E-state index contributed by atoms with van der Waals surface area (Å²) >= 11 is 0. The van der Waals surface area contributed by atoms with Crippen molar-refractivity contribution in [3.05, 3.63) is 41.0 Å². The van der Waals surface area contributed by atoms with E-state index in [2.05, 4.69) is 15.2 Å². The quantitative estimate of drug-likeness (QED) is 0.583. The van der Waals surface area contributed by atoms with Crippen LogP contribution in [0.5, 0.6) is 0 Å².